The van der Waals surface area contributed by atoms with Gasteiger partial charge in [0.1, 0.15) is 28.7 Å². The first-order valence-electron chi connectivity index (χ1n) is 7.71. The number of rotatable bonds is 4. The standard InChI is InChI=1S/C19H17N3O3/c1-13-17(16(11-20)19(25-13)22-9-3-4-10-22)18(24)21(2)12-14-5-7-15(23)8-6-14/h3-10,23H,12H2,1-2H3. The van der Waals surface area contributed by atoms with Crippen LogP contribution in [0.3, 0.4) is 0 Å². The Morgan fingerprint density at radius 3 is 2.52 bits per heavy atom. The summed E-state index contributed by atoms with van der Waals surface area (Å²) >= 11 is 0. The Hall–Kier alpha value is -3.46. The second kappa shape index (κ2) is 6.57. The van der Waals surface area contributed by atoms with E-state index in [4.69, 9.17) is 4.42 Å². The van der Waals surface area contributed by atoms with Crippen LogP contribution in [0.15, 0.2) is 53.2 Å². The fraction of sp³-hybridized carbons (Fsp3) is 0.158. The van der Waals surface area contributed by atoms with Crippen molar-refractivity contribution in [3.63, 3.8) is 0 Å². The average Bonchev–Trinajstić information content (AvgIpc) is 3.23. The van der Waals surface area contributed by atoms with Crippen LogP contribution in [0.4, 0.5) is 0 Å². The van der Waals surface area contributed by atoms with Crippen molar-refractivity contribution in [2.75, 3.05) is 7.05 Å². The molecule has 0 aliphatic carbocycles. The second-order valence-corrected chi connectivity index (χ2v) is 5.74. The summed E-state index contributed by atoms with van der Waals surface area (Å²) in [4.78, 5) is 14.4. The molecule has 25 heavy (non-hydrogen) atoms. The number of amides is 1. The maximum Gasteiger partial charge on any atom is 0.258 e. The number of hydrogen-bond donors (Lipinski definition) is 1. The van der Waals surface area contributed by atoms with E-state index in [1.807, 2.05) is 12.1 Å². The molecule has 0 aliphatic heterocycles. The highest BCUT2D eigenvalue weighted by molar-refractivity contribution is 5.98. The van der Waals surface area contributed by atoms with E-state index in [-0.39, 0.29) is 22.8 Å². The zero-order chi connectivity index (χ0) is 18.0. The summed E-state index contributed by atoms with van der Waals surface area (Å²) in [7, 11) is 1.66. The minimum absolute atomic E-state index is 0.173. The molecule has 3 aromatic rings. The number of phenolic OH excluding ortho intramolecular Hbond substituents is 1. The van der Waals surface area contributed by atoms with E-state index >= 15 is 0 Å². The van der Waals surface area contributed by atoms with Gasteiger partial charge in [-0.15, -0.1) is 0 Å². The summed E-state index contributed by atoms with van der Waals surface area (Å²) in [5.41, 5.74) is 1.36. The Kier molecular flexibility index (Phi) is 4.31. The number of nitrogens with zero attached hydrogens (tertiary/aromatic N) is 3. The van der Waals surface area contributed by atoms with Gasteiger partial charge in [0.05, 0.1) is 0 Å². The first-order valence-corrected chi connectivity index (χ1v) is 7.71. The first kappa shape index (κ1) is 16.4. The monoisotopic (exact) mass is 335 g/mol. The van der Waals surface area contributed by atoms with Crippen molar-refractivity contribution in [1.29, 1.82) is 5.26 Å². The van der Waals surface area contributed by atoms with Crippen molar-refractivity contribution in [2.24, 2.45) is 0 Å². The number of hydrogen-bond acceptors (Lipinski definition) is 4. The summed E-state index contributed by atoms with van der Waals surface area (Å²) in [6, 6.07) is 12.4. The van der Waals surface area contributed by atoms with Crippen LogP contribution in [0, 0.1) is 18.3 Å². The fourth-order valence-corrected chi connectivity index (χ4v) is 2.68. The molecule has 126 valence electrons. The molecule has 2 heterocycles. The highest BCUT2D eigenvalue weighted by Gasteiger charge is 2.26. The molecule has 1 aromatic carbocycles. The topological polar surface area (TPSA) is 82.4 Å². The molecule has 6 heteroatoms. The molecule has 1 amide bonds. The third-order valence-electron chi connectivity index (χ3n) is 3.93. The smallest absolute Gasteiger partial charge is 0.258 e. The molecule has 0 fully saturated rings. The maximum atomic E-state index is 12.9. The lowest BCUT2D eigenvalue weighted by molar-refractivity contribution is 0.0783. The van der Waals surface area contributed by atoms with E-state index in [0.717, 1.165) is 5.56 Å². The number of nitriles is 1. The molecule has 0 aliphatic rings. The number of aromatic nitrogens is 1. The molecule has 0 radical (unpaired) electrons. The molecule has 6 nitrogen and oxygen atoms in total. The number of aromatic hydroxyl groups is 1. The van der Waals surface area contributed by atoms with Gasteiger partial charge in [-0.3, -0.25) is 9.36 Å². The third kappa shape index (κ3) is 3.12. The Labute approximate surface area is 145 Å². The van der Waals surface area contributed by atoms with Gasteiger partial charge in [-0.05, 0) is 36.8 Å². The van der Waals surface area contributed by atoms with Gasteiger partial charge >= 0.3 is 0 Å². The first-order chi connectivity index (χ1) is 12.0. The Bertz CT molecular complexity index is 932. The van der Waals surface area contributed by atoms with Gasteiger partial charge in [0.25, 0.3) is 5.91 Å². The van der Waals surface area contributed by atoms with Crippen LogP contribution in [0.25, 0.3) is 5.88 Å². The predicted molar refractivity (Wildman–Crippen MR) is 91.4 cm³/mol. The van der Waals surface area contributed by atoms with Gasteiger partial charge in [0.15, 0.2) is 0 Å². The lowest BCUT2D eigenvalue weighted by Gasteiger charge is -2.17. The lowest BCUT2D eigenvalue weighted by atomic mass is 10.1. The summed E-state index contributed by atoms with van der Waals surface area (Å²) in [5, 5.41) is 18.9. The fourth-order valence-electron chi connectivity index (χ4n) is 2.68. The van der Waals surface area contributed by atoms with Crippen molar-refractivity contribution in [3.05, 3.63) is 71.2 Å². The summed E-state index contributed by atoms with van der Waals surface area (Å²) in [6.07, 6.45) is 3.51. The van der Waals surface area contributed by atoms with Gasteiger partial charge in [0.2, 0.25) is 5.88 Å². The molecule has 1 N–H and O–H groups in total. The van der Waals surface area contributed by atoms with Gasteiger partial charge in [-0.2, -0.15) is 5.26 Å². The van der Waals surface area contributed by atoms with Crippen LogP contribution in [-0.2, 0) is 6.54 Å². The number of aryl methyl sites for hydroxylation is 1. The summed E-state index contributed by atoms with van der Waals surface area (Å²) in [5.74, 6) is 0.630. The highest BCUT2D eigenvalue weighted by atomic mass is 16.4. The van der Waals surface area contributed by atoms with E-state index in [9.17, 15) is 15.2 Å². The molecule has 0 atom stereocenters. The van der Waals surface area contributed by atoms with Crippen molar-refractivity contribution >= 4 is 5.91 Å². The number of benzene rings is 1. The van der Waals surface area contributed by atoms with Crippen LogP contribution in [-0.4, -0.2) is 27.5 Å². The molecular weight excluding hydrogens is 318 g/mol. The molecule has 0 saturated carbocycles. The van der Waals surface area contributed by atoms with Gasteiger partial charge in [0, 0.05) is 26.0 Å². The molecular formula is C19H17N3O3. The van der Waals surface area contributed by atoms with Crippen molar-refractivity contribution in [2.45, 2.75) is 13.5 Å². The summed E-state index contributed by atoms with van der Waals surface area (Å²) < 4.78 is 7.35. The quantitative estimate of drug-likeness (QED) is 0.793. The minimum atomic E-state index is -0.288. The van der Waals surface area contributed by atoms with Crippen LogP contribution >= 0.6 is 0 Å². The SMILES string of the molecule is Cc1oc(-n2cccc2)c(C#N)c1C(=O)N(C)Cc1ccc(O)cc1. The van der Waals surface area contributed by atoms with Crippen LogP contribution in [0.5, 0.6) is 5.75 Å². The third-order valence-corrected chi connectivity index (χ3v) is 3.93. The highest BCUT2D eigenvalue weighted by Crippen LogP contribution is 2.27. The van der Waals surface area contributed by atoms with E-state index in [0.29, 0.717) is 18.2 Å². The molecule has 0 saturated heterocycles. The Morgan fingerprint density at radius 2 is 1.92 bits per heavy atom. The van der Waals surface area contributed by atoms with E-state index in [2.05, 4.69) is 6.07 Å². The zero-order valence-corrected chi connectivity index (χ0v) is 13.9. The van der Waals surface area contributed by atoms with E-state index < -0.39 is 0 Å². The van der Waals surface area contributed by atoms with Crippen LogP contribution in [0.2, 0.25) is 0 Å². The minimum Gasteiger partial charge on any atom is -0.508 e. The summed E-state index contributed by atoms with van der Waals surface area (Å²) in [6.45, 7) is 2.03. The Balaban J connectivity index is 1.91. The van der Waals surface area contributed by atoms with Crippen molar-refractivity contribution < 1.29 is 14.3 Å². The van der Waals surface area contributed by atoms with Gasteiger partial charge in [-0.1, -0.05) is 12.1 Å². The number of carbonyl (C=O) groups is 1. The van der Waals surface area contributed by atoms with Crippen LogP contribution < -0.4 is 0 Å². The molecule has 0 bridgehead atoms. The van der Waals surface area contributed by atoms with Crippen molar-refractivity contribution in [1.82, 2.24) is 9.47 Å². The maximum absolute atomic E-state index is 12.9. The predicted octanol–water partition coefficient (Wildman–Crippen LogP) is 3.23. The molecule has 0 unspecified atom stereocenters. The molecule has 2 aromatic heterocycles. The zero-order valence-electron chi connectivity index (χ0n) is 13.9. The molecule has 0 spiro atoms. The van der Waals surface area contributed by atoms with Crippen LogP contribution in [0.1, 0.15) is 27.2 Å². The number of phenols is 1. The second-order valence-electron chi connectivity index (χ2n) is 5.74. The van der Waals surface area contributed by atoms with Crippen molar-refractivity contribution in [3.8, 4) is 17.7 Å². The Morgan fingerprint density at radius 1 is 1.28 bits per heavy atom. The average molecular weight is 335 g/mol. The molecule has 3 rings (SSSR count). The van der Waals surface area contributed by atoms with Gasteiger partial charge in [-0.25, -0.2) is 0 Å². The number of furan rings is 1. The lowest BCUT2D eigenvalue weighted by Crippen LogP contribution is -2.27. The van der Waals surface area contributed by atoms with E-state index in [1.54, 1.807) is 55.2 Å². The van der Waals surface area contributed by atoms with Gasteiger partial charge < -0.3 is 14.4 Å². The normalized spacial score (nSPS) is 10.4. The van der Waals surface area contributed by atoms with E-state index in [1.165, 1.54) is 4.90 Å². The number of carbonyl (C=O) groups excluding carboxylic acids is 1. The largest absolute Gasteiger partial charge is 0.508 e.